The second-order valence-corrected chi connectivity index (χ2v) is 10.1. The second-order valence-electron chi connectivity index (χ2n) is 9.30. The molecule has 1 atom stereocenters. The van der Waals surface area contributed by atoms with E-state index in [1.54, 1.807) is 0 Å². The Bertz CT molecular complexity index is 966. The molecule has 0 unspecified atom stereocenters. The summed E-state index contributed by atoms with van der Waals surface area (Å²) < 4.78 is 5.69. The van der Waals surface area contributed by atoms with Crippen molar-refractivity contribution in [2.75, 3.05) is 50.7 Å². The fourth-order valence-corrected chi connectivity index (χ4v) is 6.67. The average Bonchev–Trinajstić information content (AvgIpc) is 3.01. The van der Waals surface area contributed by atoms with E-state index >= 15 is 0 Å². The molecule has 0 spiro atoms. The van der Waals surface area contributed by atoms with Gasteiger partial charge < -0.3 is 25.1 Å². The molecule has 0 radical (unpaired) electrons. The van der Waals surface area contributed by atoms with Gasteiger partial charge in [-0.05, 0) is 74.4 Å². The fraction of sp³-hybridized carbons (Fsp3) is 0.609. The van der Waals surface area contributed by atoms with Gasteiger partial charge in [0.15, 0.2) is 0 Å². The SMILES string of the molecule is O=C(N[C@H]1CN2CCC1CC2)c1nsc2cc(N3CCN4CCC3CC4)ccc12.O=CO. The summed E-state index contributed by atoms with van der Waals surface area (Å²) in [5.41, 5.74) is 1.90. The van der Waals surface area contributed by atoms with Crippen LogP contribution in [0.4, 0.5) is 5.69 Å². The van der Waals surface area contributed by atoms with Crippen LogP contribution in [0, 0.1) is 5.92 Å². The van der Waals surface area contributed by atoms with Gasteiger partial charge in [0.1, 0.15) is 5.69 Å². The Hall–Kier alpha value is -2.23. The van der Waals surface area contributed by atoms with Gasteiger partial charge in [-0.1, -0.05) is 0 Å². The van der Waals surface area contributed by atoms with Gasteiger partial charge in [0.05, 0.1) is 4.70 Å². The maximum atomic E-state index is 13.0. The Labute approximate surface area is 192 Å². The topological polar surface area (TPSA) is 89.0 Å². The van der Waals surface area contributed by atoms with Crippen LogP contribution in [-0.2, 0) is 4.79 Å². The van der Waals surface area contributed by atoms with Gasteiger partial charge in [0, 0.05) is 55.9 Å². The van der Waals surface area contributed by atoms with Crippen LogP contribution in [0.3, 0.4) is 0 Å². The zero-order valence-corrected chi connectivity index (χ0v) is 19.1. The van der Waals surface area contributed by atoms with E-state index in [-0.39, 0.29) is 18.4 Å². The van der Waals surface area contributed by atoms with Crippen LogP contribution in [0.2, 0.25) is 0 Å². The molecule has 0 aliphatic carbocycles. The maximum absolute atomic E-state index is 13.0. The van der Waals surface area contributed by atoms with Crippen molar-refractivity contribution in [1.82, 2.24) is 19.5 Å². The second kappa shape index (κ2) is 9.33. The first-order valence-electron chi connectivity index (χ1n) is 11.7. The van der Waals surface area contributed by atoms with E-state index in [9.17, 15) is 4.79 Å². The van der Waals surface area contributed by atoms with E-state index in [2.05, 4.69) is 42.6 Å². The van der Waals surface area contributed by atoms with E-state index in [4.69, 9.17) is 9.90 Å². The van der Waals surface area contributed by atoms with Crippen molar-refractivity contribution in [2.45, 2.75) is 37.8 Å². The van der Waals surface area contributed by atoms with Crippen LogP contribution >= 0.6 is 11.5 Å². The number of carbonyl (C=O) groups excluding carboxylic acids is 1. The van der Waals surface area contributed by atoms with Gasteiger partial charge in [-0.2, -0.15) is 4.37 Å². The molecule has 1 aromatic heterocycles. The average molecular weight is 458 g/mol. The lowest BCUT2D eigenvalue weighted by molar-refractivity contribution is -0.122. The fourth-order valence-electron chi connectivity index (χ4n) is 5.86. The third-order valence-electron chi connectivity index (χ3n) is 7.63. The first-order chi connectivity index (χ1) is 15.7. The molecule has 9 heteroatoms. The van der Waals surface area contributed by atoms with E-state index in [1.165, 1.54) is 69.1 Å². The third-order valence-corrected chi connectivity index (χ3v) is 8.44. The summed E-state index contributed by atoms with van der Waals surface area (Å²) in [5.74, 6) is 0.637. The van der Waals surface area contributed by atoms with Crippen LogP contribution in [0.15, 0.2) is 18.2 Å². The predicted octanol–water partition coefficient (Wildman–Crippen LogP) is 2.11. The van der Waals surface area contributed by atoms with Crippen molar-refractivity contribution < 1.29 is 14.7 Å². The van der Waals surface area contributed by atoms with Crippen molar-refractivity contribution in [3.8, 4) is 0 Å². The largest absolute Gasteiger partial charge is 0.483 e. The predicted molar refractivity (Wildman–Crippen MR) is 126 cm³/mol. The Morgan fingerprint density at radius 3 is 2.47 bits per heavy atom. The number of nitrogens with zero attached hydrogens (tertiary/aromatic N) is 4. The molecule has 6 aliphatic heterocycles. The minimum Gasteiger partial charge on any atom is -0.483 e. The van der Waals surface area contributed by atoms with Crippen molar-refractivity contribution in [3.05, 3.63) is 23.9 Å². The summed E-state index contributed by atoms with van der Waals surface area (Å²) in [6.07, 6.45) is 4.93. The monoisotopic (exact) mass is 457 g/mol. The number of aromatic nitrogens is 1. The molecule has 2 aromatic rings. The third kappa shape index (κ3) is 4.21. The minimum absolute atomic E-state index is 0.00366. The Kier molecular flexibility index (Phi) is 6.30. The number of rotatable bonds is 3. The van der Waals surface area contributed by atoms with E-state index in [1.807, 2.05) is 0 Å². The number of fused-ring (bicyclic) bond motifs is 8. The Morgan fingerprint density at radius 2 is 1.78 bits per heavy atom. The molecule has 7 heterocycles. The van der Waals surface area contributed by atoms with Crippen molar-refractivity contribution in [1.29, 1.82) is 0 Å². The van der Waals surface area contributed by atoms with Gasteiger partial charge in [0.25, 0.3) is 12.4 Å². The number of hydrogen-bond donors (Lipinski definition) is 2. The van der Waals surface area contributed by atoms with Gasteiger partial charge in [-0.25, -0.2) is 0 Å². The van der Waals surface area contributed by atoms with Gasteiger partial charge >= 0.3 is 0 Å². The highest BCUT2D eigenvalue weighted by atomic mass is 32.1. The number of hydrogen-bond acceptors (Lipinski definition) is 7. The van der Waals surface area contributed by atoms with Crippen molar-refractivity contribution in [2.24, 2.45) is 5.92 Å². The maximum Gasteiger partial charge on any atom is 0.290 e. The van der Waals surface area contributed by atoms with Crippen LogP contribution in [-0.4, -0.2) is 89.6 Å². The summed E-state index contributed by atoms with van der Waals surface area (Å²) >= 11 is 1.46. The summed E-state index contributed by atoms with van der Waals surface area (Å²) in [5, 5.41) is 11.2. The lowest BCUT2D eigenvalue weighted by atomic mass is 9.84. The number of benzene rings is 1. The highest BCUT2D eigenvalue weighted by Gasteiger charge is 2.35. The molecule has 6 fully saturated rings. The molecule has 32 heavy (non-hydrogen) atoms. The van der Waals surface area contributed by atoms with Crippen LogP contribution in [0.25, 0.3) is 10.1 Å². The van der Waals surface area contributed by atoms with E-state index in [0.29, 0.717) is 17.7 Å². The number of carboxylic acid groups (broad SMARTS) is 1. The Morgan fingerprint density at radius 1 is 1.06 bits per heavy atom. The van der Waals surface area contributed by atoms with Gasteiger partial charge in [0.2, 0.25) is 0 Å². The molecule has 0 saturated carbocycles. The van der Waals surface area contributed by atoms with Crippen molar-refractivity contribution >= 4 is 39.7 Å². The number of amides is 1. The highest BCUT2D eigenvalue weighted by molar-refractivity contribution is 7.13. The standard InChI is InChI=1S/C22H29N5OS.CH2O2/c28-22(23-19-14-26-7-3-15(19)4-8-26)21-18-2-1-17(13-20(18)29-24-21)27-12-11-25-9-5-16(27)6-10-25;2-1-3/h1-2,13,15-16,19H,3-12,14H2,(H,23,28);1H,(H,2,3)/t19-;/m0./s1. The molecule has 6 aliphatic rings. The quantitative estimate of drug-likeness (QED) is 0.683. The zero-order chi connectivity index (χ0) is 22.1. The van der Waals surface area contributed by atoms with Crippen molar-refractivity contribution in [3.63, 3.8) is 0 Å². The summed E-state index contributed by atoms with van der Waals surface area (Å²) in [7, 11) is 0. The normalized spacial score (nSPS) is 31.0. The smallest absolute Gasteiger partial charge is 0.290 e. The van der Waals surface area contributed by atoms with Gasteiger partial charge in [-0.15, -0.1) is 0 Å². The first kappa shape index (κ1) is 21.6. The molecule has 4 bridgehead atoms. The number of anilines is 1. The highest BCUT2D eigenvalue weighted by Crippen LogP contribution is 2.33. The summed E-state index contributed by atoms with van der Waals surface area (Å²) in [6, 6.07) is 7.51. The van der Waals surface area contributed by atoms with Crippen LogP contribution < -0.4 is 10.2 Å². The lowest BCUT2D eigenvalue weighted by Gasteiger charge is -2.44. The zero-order valence-electron chi connectivity index (χ0n) is 18.3. The molecule has 8 nitrogen and oxygen atoms in total. The van der Waals surface area contributed by atoms with Gasteiger partial charge in [-0.3, -0.25) is 9.59 Å². The van der Waals surface area contributed by atoms with Crippen LogP contribution in [0.1, 0.15) is 36.2 Å². The molecule has 6 saturated heterocycles. The van der Waals surface area contributed by atoms with E-state index in [0.717, 1.165) is 29.7 Å². The summed E-state index contributed by atoms with van der Waals surface area (Å²) in [6.45, 7) is 7.84. The molecular weight excluding hydrogens is 426 g/mol. The molecule has 1 aromatic carbocycles. The summed E-state index contributed by atoms with van der Waals surface area (Å²) in [4.78, 5) is 29.0. The molecule has 8 rings (SSSR count). The first-order valence-corrected chi connectivity index (χ1v) is 12.4. The van der Waals surface area contributed by atoms with Crippen LogP contribution in [0.5, 0.6) is 0 Å². The number of nitrogens with one attached hydrogen (secondary N) is 1. The minimum atomic E-state index is -0.250. The number of piperidine rings is 4. The number of carbonyl (C=O) groups is 2. The molecule has 172 valence electrons. The Balaban J connectivity index is 0.000000684. The lowest BCUT2D eigenvalue weighted by Crippen LogP contribution is -2.57. The molecule has 2 N–H and O–H groups in total. The van der Waals surface area contributed by atoms with E-state index < -0.39 is 0 Å². The molecule has 1 amide bonds. The molecular formula is C23H31N5O3S.